The first-order chi connectivity index (χ1) is 12.4. The van der Waals surface area contributed by atoms with Crippen molar-refractivity contribution in [2.75, 3.05) is 18.6 Å². The topological polar surface area (TPSA) is 67.9 Å². The van der Waals surface area contributed by atoms with Crippen molar-refractivity contribution in [1.82, 2.24) is 0 Å². The monoisotopic (exact) mass is 359 g/mol. The van der Waals surface area contributed by atoms with Crippen LogP contribution in [0.3, 0.4) is 0 Å². The molecular weight excluding hydrogens is 326 g/mol. The number of hydrogen-bond acceptors (Lipinski definition) is 4. The van der Waals surface area contributed by atoms with E-state index < -0.39 is 6.17 Å². The molecule has 1 aliphatic rings. The van der Waals surface area contributed by atoms with Crippen LogP contribution in [0.4, 0.5) is 5.69 Å². The highest BCUT2D eigenvalue weighted by atomic mass is 16.5. The molecule has 2 N–H and O–H groups in total. The van der Waals surface area contributed by atoms with Crippen LogP contribution in [0.2, 0.25) is 0 Å². The van der Waals surface area contributed by atoms with Crippen LogP contribution in [0.25, 0.3) is 0 Å². The summed E-state index contributed by atoms with van der Waals surface area (Å²) in [5.41, 5.74) is 8.99. The van der Waals surface area contributed by atoms with Crippen molar-refractivity contribution in [2.24, 2.45) is 22.6 Å². The van der Waals surface area contributed by atoms with Gasteiger partial charge in [0.1, 0.15) is 0 Å². The summed E-state index contributed by atoms with van der Waals surface area (Å²) in [6.45, 7) is 9.09. The Bertz CT molecular complexity index is 642. The molecule has 0 aliphatic carbocycles. The second kappa shape index (κ2) is 9.28. The van der Waals surface area contributed by atoms with Gasteiger partial charge in [0.05, 0.1) is 11.8 Å². The van der Waals surface area contributed by atoms with Crippen molar-refractivity contribution in [1.29, 1.82) is 0 Å². The number of aliphatic imine (C=N–C) groups is 1. The highest BCUT2D eigenvalue weighted by molar-refractivity contribution is 6.13. The average molecular weight is 360 g/mol. The van der Waals surface area contributed by atoms with E-state index in [-0.39, 0.29) is 17.9 Å². The number of benzene rings is 1. The van der Waals surface area contributed by atoms with Crippen LogP contribution in [-0.2, 0) is 9.53 Å². The van der Waals surface area contributed by atoms with E-state index >= 15 is 0 Å². The highest BCUT2D eigenvalue weighted by Gasteiger charge is 2.31. The van der Waals surface area contributed by atoms with E-state index in [1.54, 1.807) is 7.11 Å². The number of nitrogens with two attached hydrogens (primary N) is 1. The zero-order chi connectivity index (χ0) is 19.3. The summed E-state index contributed by atoms with van der Waals surface area (Å²) < 4.78 is 5.37. The van der Waals surface area contributed by atoms with E-state index in [1.165, 1.54) is 0 Å². The second-order valence-electron chi connectivity index (χ2n) is 7.48. The number of para-hydroxylation sites is 1. The number of methoxy groups -OCH3 is 1. The van der Waals surface area contributed by atoms with Gasteiger partial charge in [0.25, 0.3) is 5.91 Å². The molecule has 0 fully saturated rings. The minimum absolute atomic E-state index is 0.119. The van der Waals surface area contributed by atoms with E-state index in [1.807, 2.05) is 29.2 Å². The van der Waals surface area contributed by atoms with Crippen LogP contribution >= 0.6 is 0 Å². The van der Waals surface area contributed by atoms with E-state index in [4.69, 9.17) is 10.5 Å². The molecular formula is C21H33N3O2. The Labute approximate surface area is 157 Å². The number of rotatable bonds is 8. The first-order valence-electron chi connectivity index (χ1n) is 9.65. The summed E-state index contributed by atoms with van der Waals surface area (Å²) in [4.78, 5) is 19.4. The Morgan fingerprint density at radius 1 is 1.23 bits per heavy atom. The summed E-state index contributed by atoms with van der Waals surface area (Å²) in [6.07, 6.45) is 2.41. The molecule has 0 bridgehead atoms. The molecule has 144 valence electrons. The van der Waals surface area contributed by atoms with Gasteiger partial charge in [-0.2, -0.15) is 0 Å². The predicted octanol–water partition coefficient (Wildman–Crippen LogP) is 3.60. The third-order valence-corrected chi connectivity index (χ3v) is 5.22. The van der Waals surface area contributed by atoms with Gasteiger partial charge in [-0.3, -0.25) is 9.79 Å². The number of benzodiazepines with no additional fused rings is 1. The van der Waals surface area contributed by atoms with Crippen molar-refractivity contribution < 1.29 is 9.53 Å². The van der Waals surface area contributed by atoms with E-state index in [0.29, 0.717) is 12.5 Å². The number of anilines is 1. The molecule has 1 aliphatic heterocycles. The van der Waals surface area contributed by atoms with Gasteiger partial charge in [0.2, 0.25) is 0 Å². The quantitative estimate of drug-likeness (QED) is 0.771. The number of amides is 1. The van der Waals surface area contributed by atoms with Gasteiger partial charge < -0.3 is 15.4 Å². The summed E-state index contributed by atoms with van der Waals surface area (Å²) in [7, 11) is 1.74. The molecule has 5 heteroatoms. The molecule has 2 rings (SSSR count). The minimum atomic E-state index is -0.838. The summed E-state index contributed by atoms with van der Waals surface area (Å²) in [5.74, 6) is 0.489. The summed E-state index contributed by atoms with van der Waals surface area (Å²) in [6, 6.07) is 8.02. The van der Waals surface area contributed by atoms with E-state index in [9.17, 15) is 4.79 Å². The first kappa shape index (κ1) is 20.6. The molecule has 5 nitrogen and oxygen atoms in total. The molecule has 26 heavy (non-hydrogen) atoms. The number of nitrogens with zero attached hydrogens (tertiary/aromatic N) is 2. The number of hydrogen-bond donors (Lipinski definition) is 1. The standard InChI is InChI=1S/C21H33N3O2/c1-6-16(12-11-15(4)26-5)13-24-18-10-8-7-9-17(18)19(14(2)3)23-20(22)21(24)25/h7-10,14-16,20H,6,11-13,22H2,1-5H3. The number of fused-ring (bicyclic) bond motifs is 1. The van der Waals surface area contributed by atoms with Crippen molar-refractivity contribution in [3.8, 4) is 0 Å². The fourth-order valence-corrected chi connectivity index (χ4v) is 3.40. The Morgan fingerprint density at radius 2 is 1.92 bits per heavy atom. The predicted molar refractivity (Wildman–Crippen MR) is 108 cm³/mol. The fraction of sp³-hybridized carbons (Fsp3) is 0.619. The smallest absolute Gasteiger partial charge is 0.266 e. The molecule has 3 atom stereocenters. The van der Waals surface area contributed by atoms with Gasteiger partial charge >= 0.3 is 0 Å². The minimum Gasteiger partial charge on any atom is -0.382 e. The summed E-state index contributed by atoms with van der Waals surface area (Å²) >= 11 is 0. The maximum atomic E-state index is 13.0. The van der Waals surface area contributed by atoms with Crippen molar-refractivity contribution in [3.63, 3.8) is 0 Å². The molecule has 0 aromatic heterocycles. The van der Waals surface area contributed by atoms with Crippen molar-refractivity contribution in [3.05, 3.63) is 29.8 Å². The largest absolute Gasteiger partial charge is 0.382 e. The zero-order valence-electron chi connectivity index (χ0n) is 16.7. The normalized spacial score (nSPS) is 19.8. The van der Waals surface area contributed by atoms with Crippen LogP contribution in [0, 0.1) is 11.8 Å². The Balaban J connectivity index is 2.31. The highest BCUT2D eigenvalue weighted by Crippen LogP contribution is 2.29. The first-order valence-corrected chi connectivity index (χ1v) is 9.65. The van der Waals surface area contributed by atoms with Crippen LogP contribution in [0.5, 0.6) is 0 Å². The SMILES string of the molecule is CCC(CCC(C)OC)CN1C(=O)C(N)N=C(C(C)C)c2ccccc21. The third-order valence-electron chi connectivity index (χ3n) is 5.22. The number of carbonyl (C=O) groups is 1. The lowest BCUT2D eigenvalue weighted by molar-refractivity contribution is -0.119. The van der Waals surface area contributed by atoms with Gasteiger partial charge in [0, 0.05) is 24.9 Å². The van der Waals surface area contributed by atoms with Gasteiger partial charge in [-0.05, 0) is 37.7 Å². The fourth-order valence-electron chi connectivity index (χ4n) is 3.40. The van der Waals surface area contributed by atoms with E-state index in [0.717, 1.165) is 36.2 Å². The van der Waals surface area contributed by atoms with Crippen molar-refractivity contribution >= 4 is 17.3 Å². The third kappa shape index (κ3) is 4.71. The maximum Gasteiger partial charge on any atom is 0.266 e. The summed E-state index contributed by atoms with van der Waals surface area (Å²) in [5, 5.41) is 0. The zero-order valence-corrected chi connectivity index (χ0v) is 16.7. The van der Waals surface area contributed by atoms with Crippen LogP contribution < -0.4 is 10.6 Å². The lowest BCUT2D eigenvalue weighted by atomic mass is 9.95. The second-order valence-corrected chi connectivity index (χ2v) is 7.48. The van der Waals surface area contributed by atoms with Crippen LogP contribution in [-0.4, -0.2) is 37.5 Å². The molecule has 1 aromatic rings. The molecule has 0 saturated carbocycles. The lowest BCUT2D eigenvalue weighted by Gasteiger charge is -2.29. The molecule has 0 saturated heterocycles. The van der Waals surface area contributed by atoms with Crippen LogP contribution in [0.1, 0.15) is 52.5 Å². The Kier molecular flexibility index (Phi) is 7.35. The molecule has 1 heterocycles. The van der Waals surface area contributed by atoms with Gasteiger partial charge in [-0.1, -0.05) is 45.4 Å². The van der Waals surface area contributed by atoms with E-state index in [2.05, 4.69) is 32.7 Å². The Hall–Kier alpha value is -1.72. The van der Waals surface area contributed by atoms with Crippen LogP contribution in [0.15, 0.2) is 29.3 Å². The Morgan fingerprint density at radius 3 is 2.54 bits per heavy atom. The molecule has 1 aromatic carbocycles. The van der Waals surface area contributed by atoms with Gasteiger partial charge in [-0.15, -0.1) is 0 Å². The van der Waals surface area contributed by atoms with Gasteiger partial charge in [0.15, 0.2) is 6.17 Å². The molecule has 0 spiro atoms. The maximum absolute atomic E-state index is 13.0. The molecule has 0 radical (unpaired) electrons. The lowest BCUT2D eigenvalue weighted by Crippen LogP contribution is -2.44. The number of carbonyl (C=O) groups excluding carboxylic acids is 1. The molecule has 3 unspecified atom stereocenters. The molecule has 1 amide bonds. The van der Waals surface area contributed by atoms with Gasteiger partial charge in [-0.25, -0.2) is 0 Å². The average Bonchev–Trinajstić information content (AvgIpc) is 2.74. The van der Waals surface area contributed by atoms with Crippen molar-refractivity contribution in [2.45, 2.75) is 59.2 Å². The number of ether oxygens (including phenoxy) is 1.